The van der Waals surface area contributed by atoms with Crippen molar-refractivity contribution in [1.82, 2.24) is 14.2 Å². The summed E-state index contributed by atoms with van der Waals surface area (Å²) >= 11 is 1.40. The summed E-state index contributed by atoms with van der Waals surface area (Å²) in [5.74, 6) is 1.31. The number of nitrogens with zero attached hydrogens (tertiary/aromatic N) is 4. The number of anilines is 1. The molecule has 0 aliphatic heterocycles. The molecule has 0 aliphatic rings. The van der Waals surface area contributed by atoms with Crippen LogP contribution in [0.15, 0.2) is 41.3 Å². The van der Waals surface area contributed by atoms with E-state index >= 15 is 0 Å². The number of benzene rings is 2. The molecule has 0 spiro atoms. The summed E-state index contributed by atoms with van der Waals surface area (Å²) in [6.07, 6.45) is 0. The van der Waals surface area contributed by atoms with E-state index in [0.29, 0.717) is 53.9 Å². The van der Waals surface area contributed by atoms with Gasteiger partial charge in [0.15, 0.2) is 16.6 Å². The Morgan fingerprint density at radius 2 is 1.46 bits per heavy atom. The topological polar surface area (TPSA) is 92.3 Å². The van der Waals surface area contributed by atoms with Gasteiger partial charge in [-0.25, -0.2) is 13.4 Å². The normalized spacial score (nSPS) is 12.2. The van der Waals surface area contributed by atoms with E-state index in [2.05, 4.69) is 18.7 Å². The molecule has 0 saturated heterocycles. The van der Waals surface area contributed by atoms with Crippen LogP contribution in [0.25, 0.3) is 10.2 Å². The summed E-state index contributed by atoms with van der Waals surface area (Å²) in [7, 11) is -0.539. The monoisotopic (exact) mass is 604 g/mol. The summed E-state index contributed by atoms with van der Waals surface area (Å²) in [6.45, 7) is 15.9. The number of thiazole rings is 1. The van der Waals surface area contributed by atoms with Gasteiger partial charge < -0.3 is 14.4 Å². The van der Waals surface area contributed by atoms with Crippen molar-refractivity contribution in [2.75, 3.05) is 58.4 Å². The molecule has 1 amide bonds. The van der Waals surface area contributed by atoms with E-state index in [9.17, 15) is 13.2 Å². The molecule has 226 valence electrons. The van der Waals surface area contributed by atoms with Crippen LogP contribution in [0.2, 0.25) is 0 Å². The summed E-state index contributed by atoms with van der Waals surface area (Å²) in [6, 6.07) is 9.94. The van der Waals surface area contributed by atoms with Crippen molar-refractivity contribution in [3.63, 3.8) is 0 Å². The Hall–Kier alpha value is -2.73. The summed E-state index contributed by atoms with van der Waals surface area (Å²) in [5, 5.41) is 0.559. The fourth-order valence-electron chi connectivity index (χ4n) is 4.58. The van der Waals surface area contributed by atoms with Crippen LogP contribution in [-0.4, -0.2) is 82.0 Å². The van der Waals surface area contributed by atoms with Gasteiger partial charge in [-0.2, -0.15) is 4.31 Å². The lowest BCUT2D eigenvalue weighted by Crippen LogP contribution is -2.39. The maximum absolute atomic E-state index is 13.9. The van der Waals surface area contributed by atoms with Crippen LogP contribution >= 0.6 is 11.3 Å². The lowest BCUT2D eigenvalue weighted by atomic mass is 10.2. The predicted octanol–water partition coefficient (Wildman–Crippen LogP) is 5.60. The molecule has 0 fully saturated rings. The fourth-order valence-corrected chi connectivity index (χ4v) is 7.35. The van der Waals surface area contributed by atoms with E-state index in [1.54, 1.807) is 41.6 Å². The van der Waals surface area contributed by atoms with E-state index in [1.807, 2.05) is 33.8 Å². The van der Waals surface area contributed by atoms with Crippen LogP contribution in [0.1, 0.15) is 51.9 Å². The van der Waals surface area contributed by atoms with Crippen LogP contribution in [0.3, 0.4) is 0 Å². The number of ether oxygens (including phenoxy) is 2. The molecule has 3 aromatic rings. The molecular weight excluding hydrogens is 560 g/mol. The minimum Gasteiger partial charge on any atom is -0.493 e. The Morgan fingerprint density at radius 3 is 1.98 bits per heavy atom. The molecular formula is C30H44N4O5S2. The van der Waals surface area contributed by atoms with Gasteiger partial charge in [-0.3, -0.25) is 9.69 Å². The summed E-state index contributed by atoms with van der Waals surface area (Å²) < 4.78 is 40.3. The predicted molar refractivity (Wildman–Crippen MR) is 167 cm³/mol. The lowest BCUT2D eigenvalue weighted by molar-refractivity contribution is 0.0983. The average molecular weight is 605 g/mol. The molecule has 3 rings (SSSR count). The molecule has 1 aromatic heterocycles. The van der Waals surface area contributed by atoms with Crippen molar-refractivity contribution in [2.45, 2.75) is 46.4 Å². The van der Waals surface area contributed by atoms with Crippen molar-refractivity contribution in [3.8, 4) is 11.5 Å². The number of aromatic nitrogens is 1. The molecule has 0 radical (unpaired) electrons. The first-order valence-corrected chi connectivity index (χ1v) is 16.4. The van der Waals surface area contributed by atoms with Gasteiger partial charge in [0.1, 0.15) is 0 Å². The number of rotatable bonds is 15. The second-order valence-electron chi connectivity index (χ2n) is 10.8. The van der Waals surface area contributed by atoms with Crippen molar-refractivity contribution < 1.29 is 22.7 Å². The Labute approximate surface area is 249 Å². The van der Waals surface area contributed by atoms with Crippen molar-refractivity contribution in [1.29, 1.82) is 0 Å². The van der Waals surface area contributed by atoms with Gasteiger partial charge in [0.2, 0.25) is 10.0 Å². The number of carbonyl (C=O) groups excluding carboxylic acids is 1. The van der Waals surface area contributed by atoms with E-state index in [-0.39, 0.29) is 22.6 Å². The fraction of sp³-hybridized carbons (Fsp3) is 0.533. The quantitative estimate of drug-likeness (QED) is 0.223. The summed E-state index contributed by atoms with van der Waals surface area (Å²) in [4.78, 5) is 22.8. The number of sulfonamides is 1. The van der Waals surface area contributed by atoms with Gasteiger partial charge in [0.25, 0.3) is 5.91 Å². The van der Waals surface area contributed by atoms with Gasteiger partial charge in [-0.1, -0.05) is 52.9 Å². The first kappa shape index (κ1) is 32.8. The molecule has 2 aromatic carbocycles. The highest BCUT2D eigenvalue weighted by molar-refractivity contribution is 7.89. The number of fused-ring (bicyclic) bond motifs is 1. The van der Waals surface area contributed by atoms with Crippen LogP contribution in [0.5, 0.6) is 11.5 Å². The van der Waals surface area contributed by atoms with E-state index < -0.39 is 10.0 Å². The third kappa shape index (κ3) is 7.97. The number of hydrogen-bond acceptors (Lipinski definition) is 8. The lowest BCUT2D eigenvalue weighted by Gasteiger charge is -2.26. The maximum Gasteiger partial charge on any atom is 0.260 e. The Bertz CT molecular complexity index is 1350. The molecule has 0 saturated carbocycles. The van der Waals surface area contributed by atoms with Crippen LogP contribution < -0.4 is 14.4 Å². The standard InChI is InChI=1S/C30H44N4O5S2/c1-9-32(10-2)15-16-34(30-31-25-17-26(38-7)27(39-8)18-28(25)40-30)29(35)23-11-13-24(14-12-23)41(36,37)33(19-21(3)4)20-22(5)6/h11-14,17-18,21-22H,9-10,15-16,19-20H2,1-8H3. The van der Waals surface area contributed by atoms with E-state index in [4.69, 9.17) is 14.5 Å². The van der Waals surface area contributed by atoms with Crippen LogP contribution in [0, 0.1) is 11.8 Å². The molecule has 1 heterocycles. The van der Waals surface area contributed by atoms with Gasteiger partial charge in [-0.15, -0.1) is 0 Å². The van der Waals surface area contributed by atoms with Crippen molar-refractivity contribution in [2.24, 2.45) is 11.8 Å². The minimum absolute atomic E-state index is 0.184. The number of methoxy groups -OCH3 is 2. The second-order valence-corrected chi connectivity index (χ2v) is 13.7. The average Bonchev–Trinajstić information content (AvgIpc) is 3.36. The highest BCUT2D eigenvalue weighted by Crippen LogP contribution is 2.37. The molecule has 0 N–H and O–H groups in total. The van der Waals surface area contributed by atoms with Gasteiger partial charge in [-0.05, 0) is 49.2 Å². The van der Waals surface area contributed by atoms with Gasteiger partial charge >= 0.3 is 0 Å². The molecule has 41 heavy (non-hydrogen) atoms. The third-order valence-corrected chi connectivity index (χ3v) is 9.66. The molecule has 0 bridgehead atoms. The van der Waals surface area contributed by atoms with Crippen molar-refractivity contribution in [3.05, 3.63) is 42.0 Å². The molecule has 0 unspecified atom stereocenters. The van der Waals surface area contributed by atoms with Gasteiger partial charge in [0, 0.05) is 43.9 Å². The maximum atomic E-state index is 13.9. The Morgan fingerprint density at radius 1 is 0.902 bits per heavy atom. The Balaban J connectivity index is 1.97. The first-order valence-electron chi connectivity index (χ1n) is 14.1. The van der Waals surface area contributed by atoms with Crippen LogP contribution in [-0.2, 0) is 10.0 Å². The van der Waals surface area contributed by atoms with E-state index in [1.165, 1.54) is 23.5 Å². The molecule has 11 heteroatoms. The summed E-state index contributed by atoms with van der Waals surface area (Å²) in [5.41, 5.74) is 1.11. The first-order chi connectivity index (χ1) is 19.4. The minimum atomic E-state index is -3.70. The molecule has 0 atom stereocenters. The zero-order chi connectivity index (χ0) is 30.3. The SMILES string of the molecule is CCN(CC)CCN(C(=O)c1ccc(S(=O)(=O)N(CC(C)C)CC(C)C)cc1)c1nc2cc(OC)c(OC)cc2s1. The number of likely N-dealkylation sites (N-methyl/N-ethyl adjacent to an activating group) is 1. The third-order valence-electron chi connectivity index (χ3n) is 6.77. The highest BCUT2D eigenvalue weighted by Gasteiger charge is 2.27. The largest absolute Gasteiger partial charge is 0.493 e. The van der Waals surface area contributed by atoms with Crippen LogP contribution in [0.4, 0.5) is 5.13 Å². The number of amides is 1. The van der Waals surface area contributed by atoms with Crippen molar-refractivity contribution >= 4 is 42.6 Å². The van der Waals surface area contributed by atoms with E-state index in [0.717, 1.165) is 17.8 Å². The number of hydrogen-bond donors (Lipinski definition) is 0. The molecule has 9 nitrogen and oxygen atoms in total. The number of carbonyl (C=O) groups is 1. The zero-order valence-electron chi connectivity index (χ0n) is 25.5. The molecule has 0 aliphatic carbocycles. The second kappa shape index (κ2) is 14.4. The van der Waals surface area contributed by atoms with Gasteiger partial charge in [0.05, 0.1) is 29.3 Å². The smallest absolute Gasteiger partial charge is 0.260 e. The highest BCUT2D eigenvalue weighted by atomic mass is 32.2. The zero-order valence-corrected chi connectivity index (χ0v) is 27.1. The Kier molecular flexibility index (Phi) is 11.5.